The summed E-state index contributed by atoms with van der Waals surface area (Å²) in [6.45, 7) is 0. The lowest BCUT2D eigenvalue weighted by Crippen LogP contribution is -1.71. The summed E-state index contributed by atoms with van der Waals surface area (Å²) in [5.41, 5.74) is 0. The van der Waals surface area contributed by atoms with Crippen molar-refractivity contribution < 1.29 is 0 Å². The van der Waals surface area contributed by atoms with E-state index in [2.05, 4.69) is 22.3 Å². The van der Waals surface area contributed by atoms with Gasteiger partial charge in [0, 0.05) is 27.0 Å². The standard InChI is InChI=1S/C4H3NS3/c1-2-4-5(3-1)7-8-6-4/h1-3H. The molecule has 0 fully saturated rings. The van der Waals surface area contributed by atoms with Gasteiger partial charge in [0.25, 0.3) is 0 Å². The molecule has 0 bridgehead atoms. The van der Waals surface area contributed by atoms with Crippen LogP contribution in [0.2, 0.25) is 0 Å². The Kier molecular flexibility index (Phi) is 1.24. The van der Waals surface area contributed by atoms with Crippen LogP contribution in [0.4, 0.5) is 0 Å². The monoisotopic (exact) mass is 161 g/mol. The zero-order chi connectivity index (χ0) is 5.40. The van der Waals surface area contributed by atoms with Gasteiger partial charge in [-0.25, -0.2) is 0 Å². The molecule has 0 amide bonds. The molecule has 42 valence electrons. The molecule has 1 aliphatic heterocycles. The molecule has 0 spiro atoms. The van der Waals surface area contributed by atoms with Crippen LogP contribution in [0.5, 0.6) is 0 Å². The lowest BCUT2D eigenvalue weighted by Gasteiger charge is -1.84. The minimum Gasteiger partial charge on any atom is -0.275 e. The van der Waals surface area contributed by atoms with E-state index in [9.17, 15) is 0 Å². The van der Waals surface area contributed by atoms with Crippen molar-refractivity contribution in [3.8, 4) is 0 Å². The molecule has 0 saturated heterocycles. The molecule has 1 aliphatic rings. The molecule has 0 aliphatic carbocycles. The zero-order valence-corrected chi connectivity index (χ0v) is 6.35. The van der Waals surface area contributed by atoms with Gasteiger partial charge >= 0.3 is 0 Å². The highest BCUT2D eigenvalue weighted by Gasteiger charge is 2.09. The lowest BCUT2D eigenvalue weighted by atomic mass is 10.7. The summed E-state index contributed by atoms with van der Waals surface area (Å²) < 4.78 is 2.16. The molecule has 1 aromatic rings. The Hall–Kier alpha value is 0.330. The summed E-state index contributed by atoms with van der Waals surface area (Å²) in [5.74, 6) is 0. The summed E-state index contributed by atoms with van der Waals surface area (Å²) >= 11 is 0. The van der Waals surface area contributed by atoms with E-state index in [0.29, 0.717) is 0 Å². The summed E-state index contributed by atoms with van der Waals surface area (Å²) in [4.78, 5) is 0. The first-order chi connectivity index (χ1) is 3.97. The first-order valence-electron chi connectivity index (χ1n) is 2.16. The summed E-state index contributed by atoms with van der Waals surface area (Å²) in [6.07, 6.45) is 2.08. The van der Waals surface area contributed by atoms with Gasteiger partial charge in [-0.15, -0.1) is 0 Å². The highest BCUT2D eigenvalue weighted by atomic mass is 33.5. The van der Waals surface area contributed by atoms with Crippen LogP contribution >= 0.6 is 31.6 Å². The fourth-order valence-electron chi connectivity index (χ4n) is 0.559. The Morgan fingerprint density at radius 1 is 1.50 bits per heavy atom. The molecule has 8 heavy (non-hydrogen) atoms. The van der Waals surface area contributed by atoms with E-state index in [-0.39, 0.29) is 0 Å². The molecule has 4 heteroatoms. The van der Waals surface area contributed by atoms with Crippen LogP contribution in [0.25, 0.3) is 0 Å². The molecule has 0 aromatic carbocycles. The van der Waals surface area contributed by atoms with E-state index < -0.39 is 0 Å². The van der Waals surface area contributed by atoms with Gasteiger partial charge in [0.05, 0.1) is 5.03 Å². The Bertz CT molecular complexity index is 176. The van der Waals surface area contributed by atoms with E-state index in [0.717, 1.165) is 0 Å². The highest BCUT2D eigenvalue weighted by molar-refractivity contribution is 9.10. The maximum Gasteiger partial charge on any atom is 0.0975 e. The van der Waals surface area contributed by atoms with E-state index in [4.69, 9.17) is 0 Å². The van der Waals surface area contributed by atoms with Crippen LogP contribution in [-0.2, 0) is 0 Å². The Morgan fingerprint density at radius 3 is 3.38 bits per heavy atom. The van der Waals surface area contributed by atoms with Crippen molar-refractivity contribution in [1.82, 2.24) is 3.97 Å². The Labute approximate surface area is 59.1 Å². The third-order valence-electron chi connectivity index (χ3n) is 0.908. The number of aromatic nitrogens is 1. The highest BCUT2D eigenvalue weighted by Crippen LogP contribution is 2.49. The van der Waals surface area contributed by atoms with Gasteiger partial charge in [-0.1, -0.05) is 0 Å². The van der Waals surface area contributed by atoms with Gasteiger partial charge in [-0.3, -0.25) is 3.97 Å². The van der Waals surface area contributed by atoms with Crippen molar-refractivity contribution in [2.24, 2.45) is 0 Å². The van der Waals surface area contributed by atoms with Gasteiger partial charge in [-0.05, 0) is 22.9 Å². The molecule has 1 aromatic heterocycles. The number of nitrogens with zero attached hydrogens (tertiary/aromatic N) is 1. The molecule has 0 atom stereocenters. The van der Waals surface area contributed by atoms with E-state index in [1.54, 1.807) is 20.8 Å². The van der Waals surface area contributed by atoms with Crippen LogP contribution in [-0.4, -0.2) is 3.97 Å². The third-order valence-corrected chi connectivity index (χ3v) is 4.68. The van der Waals surface area contributed by atoms with Gasteiger partial charge in [0.15, 0.2) is 0 Å². The van der Waals surface area contributed by atoms with E-state index in [1.165, 1.54) is 5.03 Å². The van der Waals surface area contributed by atoms with Crippen molar-refractivity contribution >= 4 is 31.6 Å². The minimum atomic E-state index is 1.35. The van der Waals surface area contributed by atoms with Gasteiger partial charge in [0.2, 0.25) is 0 Å². The molecule has 0 radical (unpaired) electrons. The average molecular weight is 161 g/mol. The summed E-state index contributed by atoms with van der Waals surface area (Å²) in [6, 6.07) is 4.19. The predicted molar refractivity (Wildman–Crippen MR) is 40.9 cm³/mol. The molecule has 2 rings (SSSR count). The number of hydrogen-bond donors (Lipinski definition) is 0. The van der Waals surface area contributed by atoms with Crippen LogP contribution < -0.4 is 0 Å². The van der Waals surface area contributed by atoms with Crippen molar-refractivity contribution in [2.75, 3.05) is 0 Å². The molecular formula is C4H3NS3. The Morgan fingerprint density at radius 2 is 2.50 bits per heavy atom. The second-order valence-electron chi connectivity index (χ2n) is 1.40. The third kappa shape index (κ3) is 0.674. The largest absolute Gasteiger partial charge is 0.275 e. The topological polar surface area (TPSA) is 4.93 Å². The molecule has 1 nitrogen and oxygen atoms in total. The van der Waals surface area contributed by atoms with Crippen molar-refractivity contribution in [1.29, 1.82) is 0 Å². The van der Waals surface area contributed by atoms with E-state index in [1.807, 2.05) is 10.8 Å². The first kappa shape index (κ1) is 5.14. The smallest absolute Gasteiger partial charge is 0.0975 e. The van der Waals surface area contributed by atoms with Crippen molar-refractivity contribution in [2.45, 2.75) is 5.03 Å². The Balaban J connectivity index is 2.54. The number of fused-ring (bicyclic) bond motifs is 1. The van der Waals surface area contributed by atoms with Crippen LogP contribution in [0, 0.1) is 0 Å². The predicted octanol–water partition coefficient (Wildman–Crippen LogP) is 2.65. The zero-order valence-electron chi connectivity index (χ0n) is 3.90. The summed E-state index contributed by atoms with van der Waals surface area (Å²) in [5, 5.41) is 1.35. The van der Waals surface area contributed by atoms with E-state index >= 15 is 0 Å². The second-order valence-corrected chi connectivity index (χ2v) is 5.24. The van der Waals surface area contributed by atoms with Crippen molar-refractivity contribution in [3.05, 3.63) is 18.3 Å². The molecular weight excluding hydrogens is 158 g/mol. The van der Waals surface area contributed by atoms with Crippen LogP contribution in [0.1, 0.15) is 0 Å². The van der Waals surface area contributed by atoms with Crippen LogP contribution in [0.3, 0.4) is 0 Å². The fraction of sp³-hybridized carbons (Fsp3) is 0. The lowest BCUT2D eigenvalue weighted by molar-refractivity contribution is 1.13. The fourth-order valence-corrected chi connectivity index (χ4v) is 4.54. The SMILES string of the molecule is c1cc2n(c1)SSS2. The maximum atomic E-state index is 2.16. The average Bonchev–Trinajstić information content (AvgIpc) is 2.15. The molecule has 2 heterocycles. The van der Waals surface area contributed by atoms with Crippen LogP contribution in [0.15, 0.2) is 23.4 Å². The molecule has 0 N–H and O–H groups in total. The van der Waals surface area contributed by atoms with Crippen molar-refractivity contribution in [3.63, 3.8) is 0 Å². The normalized spacial score (nSPS) is 16.5. The number of hydrogen-bond acceptors (Lipinski definition) is 3. The first-order valence-corrected chi connectivity index (χ1v) is 5.60. The number of rotatable bonds is 0. The quantitative estimate of drug-likeness (QED) is 0.539. The van der Waals surface area contributed by atoms with Gasteiger partial charge < -0.3 is 0 Å². The summed E-state index contributed by atoms with van der Waals surface area (Å²) in [7, 11) is 5.39. The minimum absolute atomic E-state index is 1.35. The van der Waals surface area contributed by atoms with Gasteiger partial charge in [-0.2, -0.15) is 0 Å². The maximum absolute atomic E-state index is 2.16. The molecule has 0 saturated carbocycles. The second kappa shape index (κ2) is 1.93. The molecule has 0 unspecified atom stereocenters. The van der Waals surface area contributed by atoms with Gasteiger partial charge in [0.1, 0.15) is 0 Å².